The molecule has 4 nitrogen and oxygen atoms in total. The third-order valence-corrected chi connectivity index (χ3v) is 8.77. The summed E-state index contributed by atoms with van der Waals surface area (Å²) < 4.78 is 47.7. The number of halogens is 3. The molecule has 0 bridgehead atoms. The molecule has 3 rings (SSSR count). The first-order valence-corrected chi connectivity index (χ1v) is 13.9. The second kappa shape index (κ2) is 11.1. The van der Waals surface area contributed by atoms with Gasteiger partial charge in [-0.15, -0.1) is 0 Å². The molecule has 0 saturated heterocycles. The van der Waals surface area contributed by atoms with E-state index in [0.29, 0.717) is 45.8 Å². The monoisotopic (exact) mass is 698 g/mol. The molecule has 0 heterocycles. The molecule has 1 aliphatic rings. The molecular formula is C26H27F3NO3PbS. The van der Waals surface area contributed by atoms with Crippen LogP contribution in [0.3, 0.4) is 0 Å². The zero-order valence-corrected chi connectivity index (χ0v) is 24.5. The number of nitrogens with one attached hydrogen (secondary N) is 1. The Morgan fingerprint density at radius 1 is 1.20 bits per heavy atom. The van der Waals surface area contributed by atoms with Crippen LogP contribution in [0.1, 0.15) is 78.1 Å². The number of alkyl halides is 3. The SMILES string of the molecule is COc1cc(C(=O)O)[c]([Pb])cc1/C=C/SC(=N)c1ccc(C2CCC(C)(C)CC2)cc1C(F)(F)F. The van der Waals surface area contributed by atoms with E-state index in [2.05, 4.69) is 13.8 Å². The van der Waals surface area contributed by atoms with Gasteiger partial charge < -0.3 is 0 Å². The van der Waals surface area contributed by atoms with Crippen LogP contribution in [-0.2, 0) is 6.18 Å². The summed E-state index contributed by atoms with van der Waals surface area (Å²) in [5.74, 6) is -0.589. The van der Waals surface area contributed by atoms with Crippen LogP contribution in [0.4, 0.5) is 13.2 Å². The predicted octanol–water partition coefficient (Wildman–Crippen LogP) is 6.62. The Bertz CT molecular complexity index is 1150. The molecule has 0 spiro atoms. The summed E-state index contributed by atoms with van der Waals surface area (Å²) in [5.41, 5.74) is 0.760. The first kappa shape index (κ1) is 27.8. The number of methoxy groups -OCH3 is 1. The molecule has 0 amide bonds. The standard InChI is InChI=1S/C26H27F3NO3S.Pb/c1-25(2)11-8-16(9-12-25)18-6-7-20(21(14-18)26(27,28)29)23(30)34-13-10-17-4-5-19(24(31)32)15-22(17)33-3;/h4,6-7,10,13-16,30H,8-9,11-12H2,1-3H3,(H,31,32);/b13-10+,30-23?;. The van der Waals surface area contributed by atoms with Gasteiger partial charge >= 0.3 is 179 Å². The zero-order valence-electron chi connectivity index (χ0n) is 19.8. The van der Waals surface area contributed by atoms with Crippen LogP contribution < -0.4 is 7.86 Å². The summed E-state index contributed by atoms with van der Waals surface area (Å²) in [6.07, 6.45) is 0.753. The molecular weight excluding hydrogens is 671 g/mol. The minimum absolute atomic E-state index is 0.105. The second-order valence-electron chi connectivity index (χ2n) is 9.44. The van der Waals surface area contributed by atoms with Gasteiger partial charge in [0.25, 0.3) is 0 Å². The number of carboxylic acid groups (broad SMARTS) is 1. The van der Waals surface area contributed by atoms with Gasteiger partial charge in [0, 0.05) is 0 Å². The van der Waals surface area contributed by atoms with Crippen LogP contribution in [0.2, 0.25) is 0 Å². The van der Waals surface area contributed by atoms with Crippen LogP contribution in [0.15, 0.2) is 35.7 Å². The Morgan fingerprint density at radius 3 is 2.43 bits per heavy atom. The fraction of sp³-hybridized carbons (Fsp3) is 0.385. The summed E-state index contributed by atoms with van der Waals surface area (Å²) >= 11 is 1.38. The van der Waals surface area contributed by atoms with E-state index in [1.165, 1.54) is 30.7 Å². The predicted molar refractivity (Wildman–Crippen MR) is 135 cm³/mol. The Labute approximate surface area is 223 Å². The molecule has 1 aliphatic carbocycles. The van der Waals surface area contributed by atoms with Crippen molar-refractivity contribution in [1.82, 2.24) is 0 Å². The molecule has 9 heteroatoms. The van der Waals surface area contributed by atoms with Gasteiger partial charge in [0.05, 0.1) is 0 Å². The van der Waals surface area contributed by atoms with Crippen molar-refractivity contribution in [3.63, 3.8) is 0 Å². The molecule has 185 valence electrons. The van der Waals surface area contributed by atoms with Gasteiger partial charge in [0.1, 0.15) is 0 Å². The number of hydrogen-bond acceptors (Lipinski definition) is 4. The number of hydrogen-bond donors (Lipinski definition) is 2. The van der Waals surface area contributed by atoms with Crippen LogP contribution in [0.25, 0.3) is 6.08 Å². The zero-order chi connectivity index (χ0) is 26.0. The van der Waals surface area contributed by atoms with Crippen molar-refractivity contribution < 1.29 is 27.8 Å². The first-order valence-electron chi connectivity index (χ1n) is 11.1. The van der Waals surface area contributed by atoms with Crippen LogP contribution in [0, 0.1) is 10.8 Å². The minimum atomic E-state index is -4.56. The number of rotatable bonds is 6. The fourth-order valence-corrected chi connectivity index (χ4v) is 6.26. The molecule has 0 aliphatic heterocycles. The normalized spacial score (nSPS) is 16.4. The molecule has 0 aromatic heterocycles. The summed E-state index contributed by atoms with van der Waals surface area (Å²) in [5, 5.41) is 18.9. The molecule has 1 fully saturated rings. The quantitative estimate of drug-likeness (QED) is 0.202. The van der Waals surface area contributed by atoms with Crippen molar-refractivity contribution >= 4 is 57.7 Å². The maximum atomic E-state index is 13.9. The van der Waals surface area contributed by atoms with Crippen LogP contribution >= 0.6 is 11.8 Å². The van der Waals surface area contributed by atoms with E-state index in [1.54, 1.807) is 18.2 Å². The summed E-state index contributed by atoms with van der Waals surface area (Å²) in [6.45, 7) is 4.39. The Balaban J connectivity index is 1.82. The summed E-state index contributed by atoms with van der Waals surface area (Å²) in [6, 6.07) is 7.50. The molecule has 2 aromatic carbocycles. The topological polar surface area (TPSA) is 70.4 Å². The molecule has 0 unspecified atom stereocenters. The van der Waals surface area contributed by atoms with Gasteiger partial charge in [0.2, 0.25) is 0 Å². The summed E-state index contributed by atoms with van der Waals surface area (Å²) in [7, 11) is 1.42. The van der Waals surface area contributed by atoms with E-state index in [9.17, 15) is 23.1 Å². The van der Waals surface area contributed by atoms with Gasteiger partial charge in [0.15, 0.2) is 0 Å². The van der Waals surface area contributed by atoms with Gasteiger partial charge in [-0.25, -0.2) is 0 Å². The molecule has 2 N–H and O–H groups in total. The maximum absolute atomic E-state index is 13.9. The number of thioether (sulfide) groups is 1. The number of carboxylic acids is 1. The van der Waals surface area contributed by atoms with E-state index in [0.717, 1.165) is 37.4 Å². The van der Waals surface area contributed by atoms with Crippen LogP contribution in [0.5, 0.6) is 5.75 Å². The van der Waals surface area contributed by atoms with Crippen molar-refractivity contribution in [2.24, 2.45) is 5.41 Å². The van der Waals surface area contributed by atoms with Gasteiger partial charge in [-0.1, -0.05) is 13.8 Å². The molecule has 35 heavy (non-hydrogen) atoms. The molecule has 2 aromatic rings. The van der Waals surface area contributed by atoms with E-state index in [4.69, 9.17) is 10.1 Å². The van der Waals surface area contributed by atoms with Gasteiger partial charge in [-0.3, -0.25) is 0 Å². The number of aromatic carboxylic acids is 1. The Kier molecular flexibility index (Phi) is 8.78. The number of benzene rings is 2. The van der Waals surface area contributed by atoms with Gasteiger partial charge in [-0.2, -0.15) is 0 Å². The number of ether oxygens (including phenoxy) is 1. The van der Waals surface area contributed by atoms with Crippen molar-refractivity contribution in [3.05, 3.63) is 63.6 Å². The third kappa shape index (κ3) is 6.90. The Hall–Kier alpha value is -1.82. The Morgan fingerprint density at radius 2 is 1.86 bits per heavy atom. The molecule has 0 atom stereocenters. The molecule has 1 saturated carbocycles. The van der Waals surface area contributed by atoms with Crippen LogP contribution in [-0.4, -0.2) is 49.0 Å². The van der Waals surface area contributed by atoms with E-state index in [1.807, 2.05) is 0 Å². The van der Waals surface area contributed by atoms with E-state index in [-0.39, 0.29) is 27.5 Å². The van der Waals surface area contributed by atoms with Crippen molar-refractivity contribution in [2.75, 3.05) is 7.11 Å². The summed E-state index contributed by atoms with van der Waals surface area (Å²) in [4.78, 5) is 11.4. The number of carbonyl (C=O) groups is 1. The first-order chi connectivity index (χ1) is 16.3. The van der Waals surface area contributed by atoms with E-state index >= 15 is 0 Å². The third-order valence-electron chi connectivity index (χ3n) is 6.44. The van der Waals surface area contributed by atoms with Crippen molar-refractivity contribution in [3.8, 4) is 5.75 Å². The second-order valence-corrected chi connectivity index (χ2v) is 12.4. The van der Waals surface area contributed by atoms with Gasteiger partial charge in [-0.05, 0) is 31.1 Å². The van der Waals surface area contributed by atoms with Crippen molar-refractivity contribution in [2.45, 2.75) is 51.6 Å². The average Bonchev–Trinajstić information content (AvgIpc) is 2.78. The van der Waals surface area contributed by atoms with Crippen molar-refractivity contribution in [1.29, 1.82) is 5.41 Å². The average molecular weight is 698 g/mol. The molecule has 3 radical (unpaired) electrons. The van der Waals surface area contributed by atoms with E-state index < -0.39 is 17.7 Å². The fourth-order valence-electron chi connectivity index (χ4n) is 4.30.